The molecular formula is C10H13F2NOS. The molecule has 2 N–H and O–H groups in total. The lowest BCUT2D eigenvalue weighted by Gasteiger charge is -2.10. The second-order valence-corrected chi connectivity index (χ2v) is 4.20. The number of benzene rings is 1. The molecule has 2 nitrogen and oxygen atoms in total. The van der Waals surface area contributed by atoms with Crippen LogP contribution in [0.3, 0.4) is 0 Å². The summed E-state index contributed by atoms with van der Waals surface area (Å²) in [7, 11) is 1.56. The SMILES string of the molecule is COC(C)CSc1c(F)cc(N)cc1F. The van der Waals surface area contributed by atoms with Crippen LogP contribution in [-0.2, 0) is 4.74 Å². The minimum absolute atomic E-state index is 0.00639. The Kier molecular flexibility index (Phi) is 4.35. The lowest BCUT2D eigenvalue weighted by molar-refractivity contribution is 0.138. The van der Waals surface area contributed by atoms with Gasteiger partial charge < -0.3 is 10.5 Å². The molecule has 0 aromatic heterocycles. The van der Waals surface area contributed by atoms with Crippen molar-refractivity contribution < 1.29 is 13.5 Å². The van der Waals surface area contributed by atoms with E-state index in [2.05, 4.69) is 0 Å². The molecule has 15 heavy (non-hydrogen) atoms. The Bertz CT molecular complexity index is 323. The Morgan fingerprint density at radius 1 is 1.40 bits per heavy atom. The van der Waals surface area contributed by atoms with E-state index in [1.807, 2.05) is 6.92 Å². The third-order valence-corrected chi connectivity index (χ3v) is 3.20. The quantitative estimate of drug-likeness (QED) is 0.641. The molecule has 1 aromatic rings. The molecule has 1 aromatic carbocycles. The van der Waals surface area contributed by atoms with Crippen LogP contribution in [-0.4, -0.2) is 19.0 Å². The molecule has 0 saturated heterocycles. The van der Waals surface area contributed by atoms with Crippen molar-refractivity contribution in [3.05, 3.63) is 23.8 Å². The van der Waals surface area contributed by atoms with Gasteiger partial charge >= 0.3 is 0 Å². The summed E-state index contributed by atoms with van der Waals surface area (Å²) in [5.74, 6) is -0.754. The van der Waals surface area contributed by atoms with Gasteiger partial charge in [0.2, 0.25) is 0 Å². The predicted molar refractivity (Wildman–Crippen MR) is 58.0 cm³/mol. The van der Waals surface area contributed by atoms with Crippen LogP contribution in [0, 0.1) is 11.6 Å². The first kappa shape index (κ1) is 12.3. The van der Waals surface area contributed by atoms with Crippen molar-refractivity contribution in [1.82, 2.24) is 0 Å². The molecule has 0 aliphatic heterocycles. The van der Waals surface area contributed by atoms with E-state index in [1.54, 1.807) is 7.11 Å². The van der Waals surface area contributed by atoms with Crippen molar-refractivity contribution in [2.45, 2.75) is 17.9 Å². The zero-order valence-electron chi connectivity index (χ0n) is 8.59. The molecule has 0 aliphatic carbocycles. The van der Waals surface area contributed by atoms with Crippen LogP contribution in [0.1, 0.15) is 6.92 Å². The second-order valence-electron chi connectivity index (χ2n) is 3.17. The van der Waals surface area contributed by atoms with Crippen molar-refractivity contribution >= 4 is 17.4 Å². The summed E-state index contributed by atoms with van der Waals surface area (Å²) in [6.45, 7) is 1.83. The van der Waals surface area contributed by atoms with Crippen molar-refractivity contribution in [3.63, 3.8) is 0 Å². The summed E-state index contributed by atoms with van der Waals surface area (Å²) in [4.78, 5) is -0.00639. The number of ether oxygens (including phenoxy) is 1. The number of anilines is 1. The molecule has 5 heteroatoms. The Labute approximate surface area is 91.8 Å². The molecule has 0 fully saturated rings. The van der Waals surface area contributed by atoms with E-state index >= 15 is 0 Å². The molecule has 1 rings (SSSR count). The van der Waals surface area contributed by atoms with Gasteiger partial charge in [-0.1, -0.05) is 0 Å². The van der Waals surface area contributed by atoms with Gasteiger partial charge in [-0.15, -0.1) is 11.8 Å². The summed E-state index contributed by atoms with van der Waals surface area (Å²) >= 11 is 1.08. The number of nitrogen functional groups attached to an aromatic ring is 1. The van der Waals surface area contributed by atoms with Gasteiger partial charge in [-0.3, -0.25) is 0 Å². The molecule has 0 amide bonds. The maximum Gasteiger partial charge on any atom is 0.141 e. The lowest BCUT2D eigenvalue weighted by Crippen LogP contribution is -2.08. The maximum atomic E-state index is 13.3. The van der Waals surface area contributed by atoms with Crippen molar-refractivity contribution in [3.8, 4) is 0 Å². The zero-order valence-corrected chi connectivity index (χ0v) is 9.41. The van der Waals surface area contributed by atoms with Crippen LogP contribution in [0.4, 0.5) is 14.5 Å². The zero-order chi connectivity index (χ0) is 11.4. The molecule has 0 bridgehead atoms. The van der Waals surface area contributed by atoms with Gasteiger partial charge in [0, 0.05) is 18.6 Å². The van der Waals surface area contributed by atoms with Gasteiger partial charge in [0.1, 0.15) is 11.6 Å². The van der Waals surface area contributed by atoms with Crippen molar-refractivity contribution in [2.75, 3.05) is 18.6 Å². The predicted octanol–water partition coefficient (Wildman–Crippen LogP) is 2.67. The molecule has 1 unspecified atom stereocenters. The number of methoxy groups -OCH3 is 1. The van der Waals surface area contributed by atoms with Crippen LogP contribution in [0.2, 0.25) is 0 Å². The van der Waals surface area contributed by atoms with E-state index in [0.29, 0.717) is 5.75 Å². The largest absolute Gasteiger partial charge is 0.399 e. The maximum absolute atomic E-state index is 13.3. The topological polar surface area (TPSA) is 35.2 Å². The van der Waals surface area contributed by atoms with E-state index in [-0.39, 0.29) is 16.7 Å². The molecular weight excluding hydrogens is 220 g/mol. The number of halogens is 2. The second kappa shape index (κ2) is 5.32. The molecule has 0 radical (unpaired) electrons. The van der Waals surface area contributed by atoms with Gasteiger partial charge in [-0.25, -0.2) is 8.78 Å². The number of hydrogen-bond donors (Lipinski definition) is 1. The third kappa shape index (κ3) is 3.35. The molecule has 1 atom stereocenters. The summed E-state index contributed by atoms with van der Waals surface area (Å²) in [5.41, 5.74) is 5.39. The van der Waals surface area contributed by atoms with Crippen LogP contribution < -0.4 is 5.73 Å². The molecule has 0 aliphatic rings. The number of thioether (sulfide) groups is 1. The average molecular weight is 233 g/mol. The molecule has 0 spiro atoms. The summed E-state index contributed by atoms with van der Waals surface area (Å²) in [6, 6.07) is 2.23. The first-order chi connectivity index (χ1) is 7.04. The van der Waals surface area contributed by atoms with Crippen LogP contribution in [0.25, 0.3) is 0 Å². The fourth-order valence-corrected chi connectivity index (χ4v) is 1.92. The first-order valence-corrected chi connectivity index (χ1v) is 5.43. The Balaban J connectivity index is 2.77. The Morgan fingerprint density at radius 3 is 2.40 bits per heavy atom. The fourth-order valence-electron chi connectivity index (χ4n) is 0.986. The van der Waals surface area contributed by atoms with E-state index in [0.717, 1.165) is 23.9 Å². The highest BCUT2D eigenvalue weighted by Crippen LogP contribution is 2.27. The minimum atomic E-state index is -0.624. The van der Waals surface area contributed by atoms with E-state index < -0.39 is 11.6 Å². The van der Waals surface area contributed by atoms with Gasteiger partial charge in [0.25, 0.3) is 0 Å². The highest BCUT2D eigenvalue weighted by molar-refractivity contribution is 7.99. The highest BCUT2D eigenvalue weighted by atomic mass is 32.2. The summed E-state index contributed by atoms with van der Waals surface area (Å²) in [5, 5.41) is 0. The molecule has 0 saturated carbocycles. The third-order valence-electron chi connectivity index (χ3n) is 1.89. The monoisotopic (exact) mass is 233 g/mol. The summed E-state index contributed by atoms with van der Waals surface area (Å²) < 4.78 is 31.6. The fraction of sp³-hybridized carbons (Fsp3) is 0.400. The number of rotatable bonds is 4. The number of nitrogens with two attached hydrogens (primary N) is 1. The summed E-state index contributed by atoms with van der Waals surface area (Å²) in [6.07, 6.45) is -0.0497. The first-order valence-electron chi connectivity index (χ1n) is 4.44. The normalized spacial score (nSPS) is 12.8. The van der Waals surface area contributed by atoms with Gasteiger partial charge in [0.15, 0.2) is 0 Å². The standard InChI is InChI=1S/C10H13F2NOS/c1-6(14-2)5-15-10-8(11)3-7(13)4-9(10)12/h3-4,6H,5,13H2,1-2H3. The van der Waals surface area contributed by atoms with E-state index in [9.17, 15) is 8.78 Å². The minimum Gasteiger partial charge on any atom is -0.399 e. The Morgan fingerprint density at radius 2 is 1.93 bits per heavy atom. The van der Waals surface area contributed by atoms with Gasteiger partial charge in [-0.05, 0) is 19.1 Å². The van der Waals surface area contributed by atoms with Crippen LogP contribution in [0.5, 0.6) is 0 Å². The van der Waals surface area contributed by atoms with Crippen molar-refractivity contribution in [1.29, 1.82) is 0 Å². The smallest absolute Gasteiger partial charge is 0.141 e. The Hall–Kier alpha value is -0.810. The number of hydrogen-bond acceptors (Lipinski definition) is 3. The average Bonchev–Trinajstić information content (AvgIpc) is 2.15. The van der Waals surface area contributed by atoms with Gasteiger partial charge in [-0.2, -0.15) is 0 Å². The lowest BCUT2D eigenvalue weighted by atomic mass is 10.3. The van der Waals surface area contributed by atoms with Crippen molar-refractivity contribution in [2.24, 2.45) is 0 Å². The van der Waals surface area contributed by atoms with Crippen LogP contribution in [0.15, 0.2) is 17.0 Å². The molecule has 0 heterocycles. The van der Waals surface area contributed by atoms with E-state index in [4.69, 9.17) is 10.5 Å². The molecule has 84 valence electrons. The van der Waals surface area contributed by atoms with E-state index in [1.165, 1.54) is 0 Å². The van der Waals surface area contributed by atoms with Gasteiger partial charge in [0.05, 0.1) is 11.0 Å². The van der Waals surface area contributed by atoms with Crippen LogP contribution >= 0.6 is 11.8 Å². The highest BCUT2D eigenvalue weighted by Gasteiger charge is 2.12.